The molecule has 1 aliphatic heterocycles. The first-order valence-electron chi connectivity index (χ1n) is 8.64. The fourth-order valence-corrected chi connectivity index (χ4v) is 3.03. The Bertz CT molecular complexity index is 805. The highest BCUT2D eigenvalue weighted by atomic mass is 35.5. The number of benzene rings is 1. The van der Waals surface area contributed by atoms with Gasteiger partial charge in [-0.1, -0.05) is 11.6 Å². The highest BCUT2D eigenvalue weighted by molar-refractivity contribution is 6.30. The number of hydrogen-bond acceptors (Lipinski definition) is 4. The van der Waals surface area contributed by atoms with Crippen LogP contribution in [0, 0.1) is 5.92 Å². The first-order valence-corrected chi connectivity index (χ1v) is 9.02. The summed E-state index contributed by atoms with van der Waals surface area (Å²) in [4.78, 5) is 37.9. The van der Waals surface area contributed by atoms with Gasteiger partial charge in [-0.15, -0.1) is 0 Å². The quantitative estimate of drug-likeness (QED) is 0.707. The van der Waals surface area contributed by atoms with Crippen LogP contribution in [0.5, 0.6) is 0 Å². The van der Waals surface area contributed by atoms with Crippen molar-refractivity contribution in [1.82, 2.24) is 15.5 Å². The Hall–Kier alpha value is -2.80. The Balaban J connectivity index is 1.38. The van der Waals surface area contributed by atoms with Gasteiger partial charge >= 0.3 is 0 Å². The van der Waals surface area contributed by atoms with Crippen LogP contribution < -0.4 is 10.6 Å². The molecule has 0 spiro atoms. The summed E-state index contributed by atoms with van der Waals surface area (Å²) in [5.74, 6) is -0.191. The van der Waals surface area contributed by atoms with Gasteiger partial charge in [0.2, 0.25) is 11.8 Å². The minimum absolute atomic E-state index is 0.0670. The molecular formula is C19H20ClN3O4. The molecule has 1 aliphatic rings. The van der Waals surface area contributed by atoms with Crippen LogP contribution in [-0.2, 0) is 16.1 Å². The molecule has 0 radical (unpaired) electrons. The maximum absolute atomic E-state index is 12.3. The van der Waals surface area contributed by atoms with Gasteiger partial charge < -0.3 is 20.0 Å². The topological polar surface area (TPSA) is 91.7 Å². The van der Waals surface area contributed by atoms with Crippen molar-refractivity contribution in [2.75, 3.05) is 19.6 Å². The van der Waals surface area contributed by atoms with E-state index in [4.69, 9.17) is 16.0 Å². The van der Waals surface area contributed by atoms with Crippen molar-refractivity contribution in [3.8, 4) is 0 Å². The molecule has 1 aromatic carbocycles. The minimum Gasteiger partial charge on any atom is -0.467 e. The van der Waals surface area contributed by atoms with E-state index in [9.17, 15) is 14.4 Å². The second-order valence-electron chi connectivity index (χ2n) is 6.31. The monoisotopic (exact) mass is 389 g/mol. The molecule has 0 aliphatic carbocycles. The zero-order chi connectivity index (χ0) is 19.2. The van der Waals surface area contributed by atoms with E-state index in [2.05, 4.69) is 10.6 Å². The number of nitrogens with zero attached hydrogens (tertiary/aromatic N) is 1. The molecule has 2 aromatic rings. The van der Waals surface area contributed by atoms with E-state index in [1.807, 2.05) is 0 Å². The van der Waals surface area contributed by atoms with Crippen LogP contribution in [0.2, 0.25) is 5.02 Å². The molecule has 3 rings (SSSR count). The number of furan rings is 1. The Morgan fingerprint density at radius 3 is 2.59 bits per heavy atom. The highest BCUT2D eigenvalue weighted by Gasteiger charge is 2.34. The Labute approximate surface area is 161 Å². The van der Waals surface area contributed by atoms with Gasteiger partial charge in [0, 0.05) is 36.6 Å². The van der Waals surface area contributed by atoms with Crippen molar-refractivity contribution < 1.29 is 18.8 Å². The fourth-order valence-electron chi connectivity index (χ4n) is 2.90. The lowest BCUT2D eigenvalue weighted by molar-refractivity contribution is -0.129. The molecule has 3 amide bonds. The second kappa shape index (κ2) is 8.73. The average Bonchev–Trinajstić information content (AvgIpc) is 3.29. The smallest absolute Gasteiger partial charge is 0.251 e. The molecule has 0 unspecified atom stereocenters. The Morgan fingerprint density at radius 2 is 1.89 bits per heavy atom. The van der Waals surface area contributed by atoms with Crippen LogP contribution in [0.25, 0.3) is 0 Å². The van der Waals surface area contributed by atoms with Gasteiger partial charge in [0.1, 0.15) is 5.76 Å². The van der Waals surface area contributed by atoms with Crippen molar-refractivity contribution in [3.63, 3.8) is 0 Å². The van der Waals surface area contributed by atoms with Crippen LogP contribution in [0.15, 0.2) is 47.1 Å². The van der Waals surface area contributed by atoms with E-state index in [1.165, 1.54) is 0 Å². The SMILES string of the molecule is O=C(NCCNC(=O)[C@@H]1CC(=O)N(Cc2ccco2)C1)c1ccc(Cl)cc1. The minimum atomic E-state index is -0.389. The number of likely N-dealkylation sites (tertiary alicyclic amines) is 1. The predicted octanol–water partition coefficient (Wildman–Crippen LogP) is 1.83. The number of amides is 3. The number of halogens is 1. The number of carbonyl (C=O) groups excluding carboxylic acids is 3. The van der Waals surface area contributed by atoms with Crippen LogP contribution in [0.3, 0.4) is 0 Å². The molecule has 1 aromatic heterocycles. The third-order valence-electron chi connectivity index (χ3n) is 4.33. The van der Waals surface area contributed by atoms with E-state index in [0.717, 1.165) is 0 Å². The molecule has 1 atom stereocenters. The van der Waals surface area contributed by atoms with Gasteiger partial charge in [-0.25, -0.2) is 0 Å². The molecule has 1 fully saturated rings. The van der Waals surface area contributed by atoms with Crippen molar-refractivity contribution in [2.45, 2.75) is 13.0 Å². The molecule has 142 valence electrons. The average molecular weight is 390 g/mol. The summed E-state index contributed by atoms with van der Waals surface area (Å²) in [6, 6.07) is 10.1. The third kappa shape index (κ3) is 5.10. The molecule has 0 saturated carbocycles. The van der Waals surface area contributed by atoms with Crippen molar-refractivity contribution in [2.24, 2.45) is 5.92 Å². The summed E-state index contributed by atoms with van der Waals surface area (Å²) in [6.07, 6.45) is 1.74. The summed E-state index contributed by atoms with van der Waals surface area (Å²) in [5, 5.41) is 6.05. The first kappa shape index (κ1) is 19.0. The summed E-state index contributed by atoms with van der Waals surface area (Å²) in [7, 11) is 0. The molecule has 8 heteroatoms. The zero-order valence-corrected chi connectivity index (χ0v) is 15.4. The number of carbonyl (C=O) groups is 3. The van der Waals surface area contributed by atoms with Crippen molar-refractivity contribution in [3.05, 3.63) is 59.0 Å². The van der Waals surface area contributed by atoms with Gasteiger partial charge in [0.15, 0.2) is 0 Å². The van der Waals surface area contributed by atoms with E-state index in [1.54, 1.807) is 47.6 Å². The van der Waals surface area contributed by atoms with Crippen molar-refractivity contribution >= 4 is 29.3 Å². The van der Waals surface area contributed by atoms with Crippen LogP contribution in [0.4, 0.5) is 0 Å². The number of rotatable bonds is 7. The molecule has 27 heavy (non-hydrogen) atoms. The van der Waals surface area contributed by atoms with E-state index in [0.29, 0.717) is 42.5 Å². The largest absolute Gasteiger partial charge is 0.467 e. The lowest BCUT2D eigenvalue weighted by Crippen LogP contribution is -2.38. The lowest BCUT2D eigenvalue weighted by atomic mass is 10.1. The molecular weight excluding hydrogens is 370 g/mol. The van der Waals surface area contributed by atoms with E-state index >= 15 is 0 Å². The maximum atomic E-state index is 12.3. The first-order chi connectivity index (χ1) is 13.0. The van der Waals surface area contributed by atoms with Crippen LogP contribution in [-0.4, -0.2) is 42.3 Å². The predicted molar refractivity (Wildman–Crippen MR) is 99.0 cm³/mol. The number of hydrogen-bond donors (Lipinski definition) is 2. The van der Waals surface area contributed by atoms with Crippen LogP contribution >= 0.6 is 11.6 Å². The Morgan fingerprint density at radius 1 is 1.15 bits per heavy atom. The van der Waals surface area contributed by atoms with Crippen LogP contribution in [0.1, 0.15) is 22.5 Å². The van der Waals surface area contributed by atoms with Gasteiger partial charge in [-0.3, -0.25) is 14.4 Å². The van der Waals surface area contributed by atoms with Gasteiger partial charge in [-0.05, 0) is 36.4 Å². The van der Waals surface area contributed by atoms with Gasteiger partial charge in [-0.2, -0.15) is 0 Å². The lowest BCUT2D eigenvalue weighted by Gasteiger charge is -2.15. The van der Waals surface area contributed by atoms with Crippen molar-refractivity contribution in [1.29, 1.82) is 0 Å². The summed E-state index contributed by atoms with van der Waals surface area (Å²) >= 11 is 5.79. The summed E-state index contributed by atoms with van der Waals surface area (Å²) < 4.78 is 5.24. The standard InChI is InChI=1S/C19H20ClN3O4/c20-15-5-3-13(4-6-15)18(25)21-7-8-22-19(26)14-10-17(24)23(11-14)12-16-2-1-9-27-16/h1-6,9,14H,7-8,10-12H2,(H,21,25)(H,22,26)/t14-/m1/s1. The highest BCUT2D eigenvalue weighted by Crippen LogP contribution is 2.20. The molecule has 0 bridgehead atoms. The third-order valence-corrected chi connectivity index (χ3v) is 4.58. The zero-order valence-electron chi connectivity index (χ0n) is 14.6. The summed E-state index contributed by atoms with van der Waals surface area (Å²) in [6.45, 7) is 1.32. The normalized spacial score (nSPS) is 16.4. The molecule has 2 heterocycles. The van der Waals surface area contributed by atoms with E-state index < -0.39 is 0 Å². The van der Waals surface area contributed by atoms with E-state index in [-0.39, 0.29) is 30.1 Å². The Kier molecular flexibility index (Phi) is 6.13. The second-order valence-corrected chi connectivity index (χ2v) is 6.74. The molecule has 1 saturated heterocycles. The summed E-state index contributed by atoms with van der Waals surface area (Å²) in [5.41, 5.74) is 0.501. The fraction of sp³-hybridized carbons (Fsp3) is 0.316. The van der Waals surface area contributed by atoms with Gasteiger partial charge in [0.25, 0.3) is 5.91 Å². The van der Waals surface area contributed by atoms with Gasteiger partial charge in [0.05, 0.1) is 18.7 Å². The molecule has 7 nitrogen and oxygen atoms in total. The molecule has 2 N–H and O–H groups in total. The number of nitrogens with one attached hydrogen (secondary N) is 2. The maximum Gasteiger partial charge on any atom is 0.251 e.